The second-order valence-electron chi connectivity index (χ2n) is 1.62. The highest BCUT2D eigenvalue weighted by Gasteiger charge is 2.00. The maximum Gasteiger partial charge on any atom is 0.167 e. The van der Waals surface area contributed by atoms with Crippen molar-refractivity contribution in [2.45, 2.75) is 0 Å². The van der Waals surface area contributed by atoms with Crippen LogP contribution in [0.5, 0.6) is 0 Å². The van der Waals surface area contributed by atoms with Crippen LogP contribution in [-0.4, -0.2) is 10.8 Å². The zero-order valence-corrected chi connectivity index (χ0v) is 6.73. The molecule has 0 heterocycles. The van der Waals surface area contributed by atoms with Gasteiger partial charge in [-0.25, -0.2) is 0 Å². The molecule has 2 N–H and O–H groups in total. The van der Waals surface area contributed by atoms with E-state index in [9.17, 15) is 4.55 Å². The van der Waals surface area contributed by atoms with E-state index >= 15 is 0 Å². The van der Waals surface area contributed by atoms with Crippen LogP contribution in [0.4, 0.5) is 0 Å². The van der Waals surface area contributed by atoms with Crippen LogP contribution in [0.25, 0.3) is 0 Å². The summed E-state index contributed by atoms with van der Waals surface area (Å²) < 4.78 is 10.8. The number of nitrogens with two attached hydrogens (primary N) is 1. The SMILES string of the molecule is C=C/C=C\C(=C/N)[S+](C)[O-]. The van der Waals surface area contributed by atoms with Gasteiger partial charge in [-0.15, -0.1) is 0 Å². The normalized spacial score (nSPS) is 15.6. The van der Waals surface area contributed by atoms with Gasteiger partial charge in [0.15, 0.2) is 4.91 Å². The second-order valence-corrected chi connectivity index (χ2v) is 3.00. The van der Waals surface area contributed by atoms with Crippen LogP contribution >= 0.6 is 0 Å². The van der Waals surface area contributed by atoms with E-state index in [4.69, 9.17) is 5.73 Å². The summed E-state index contributed by atoms with van der Waals surface area (Å²) in [6.07, 6.45) is 7.88. The van der Waals surface area contributed by atoms with Gasteiger partial charge in [-0.2, -0.15) is 0 Å². The molecular weight excluding hydrogens is 146 g/mol. The fourth-order valence-corrected chi connectivity index (χ4v) is 0.872. The summed E-state index contributed by atoms with van der Waals surface area (Å²) in [5, 5.41) is 0. The minimum atomic E-state index is -1.00. The molecule has 2 nitrogen and oxygen atoms in total. The lowest BCUT2D eigenvalue weighted by molar-refractivity contribution is 0.607. The van der Waals surface area contributed by atoms with Gasteiger partial charge in [-0.05, 0) is 17.3 Å². The summed E-state index contributed by atoms with van der Waals surface area (Å²) in [6, 6.07) is 0. The number of rotatable bonds is 3. The van der Waals surface area contributed by atoms with Crippen molar-refractivity contribution in [3.05, 3.63) is 35.9 Å². The fourth-order valence-electron chi connectivity index (χ4n) is 0.410. The Morgan fingerprint density at radius 1 is 1.70 bits per heavy atom. The van der Waals surface area contributed by atoms with E-state index in [1.807, 2.05) is 0 Å². The molecule has 0 rings (SSSR count). The van der Waals surface area contributed by atoms with Gasteiger partial charge in [0.2, 0.25) is 0 Å². The summed E-state index contributed by atoms with van der Waals surface area (Å²) in [4.78, 5) is 0.611. The maximum absolute atomic E-state index is 10.8. The summed E-state index contributed by atoms with van der Waals surface area (Å²) in [6.45, 7) is 3.47. The van der Waals surface area contributed by atoms with E-state index in [0.717, 1.165) is 0 Å². The van der Waals surface area contributed by atoms with Gasteiger partial charge in [0.05, 0.1) is 6.20 Å². The Kier molecular flexibility index (Phi) is 4.80. The first-order valence-corrected chi connectivity index (χ1v) is 4.32. The van der Waals surface area contributed by atoms with Crippen LogP contribution < -0.4 is 5.73 Å². The lowest BCUT2D eigenvalue weighted by Crippen LogP contribution is -2.00. The number of hydrogen-bond donors (Lipinski definition) is 1. The molecule has 10 heavy (non-hydrogen) atoms. The molecule has 0 bridgehead atoms. The van der Waals surface area contributed by atoms with E-state index < -0.39 is 11.2 Å². The Labute approximate surface area is 64.3 Å². The first kappa shape index (κ1) is 9.33. The topological polar surface area (TPSA) is 49.1 Å². The van der Waals surface area contributed by atoms with Crippen molar-refractivity contribution in [2.75, 3.05) is 6.26 Å². The van der Waals surface area contributed by atoms with E-state index in [-0.39, 0.29) is 0 Å². The zero-order chi connectivity index (χ0) is 7.98. The molecule has 0 saturated carbocycles. The van der Waals surface area contributed by atoms with Crippen LogP contribution in [0.3, 0.4) is 0 Å². The highest BCUT2D eigenvalue weighted by molar-refractivity contribution is 7.94. The maximum atomic E-state index is 10.8. The summed E-state index contributed by atoms with van der Waals surface area (Å²) in [5.41, 5.74) is 5.17. The third-order valence-electron chi connectivity index (χ3n) is 0.893. The minimum Gasteiger partial charge on any atom is -0.612 e. The first-order valence-electron chi connectivity index (χ1n) is 2.76. The predicted octanol–water partition coefficient (Wildman–Crippen LogP) is 0.907. The molecule has 0 aliphatic heterocycles. The number of allylic oxidation sites excluding steroid dienone is 3. The Morgan fingerprint density at radius 2 is 2.30 bits per heavy atom. The molecule has 0 aromatic heterocycles. The Hall–Kier alpha value is -0.670. The molecular formula is C7H11NOS. The van der Waals surface area contributed by atoms with E-state index in [2.05, 4.69) is 6.58 Å². The fraction of sp³-hybridized carbons (Fsp3) is 0.143. The van der Waals surface area contributed by atoms with Gasteiger partial charge in [-0.3, -0.25) is 0 Å². The van der Waals surface area contributed by atoms with Crippen LogP contribution in [-0.2, 0) is 11.2 Å². The van der Waals surface area contributed by atoms with Crippen molar-refractivity contribution in [2.24, 2.45) is 5.73 Å². The van der Waals surface area contributed by atoms with Gasteiger partial charge < -0.3 is 10.3 Å². The van der Waals surface area contributed by atoms with Gasteiger partial charge in [-0.1, -0.05) is 18.7 Å². The van der Waals surface area contributed by atoms with Crippen molar-refractivity contribution in [1.82, 2.24) is 0 Å². The van der Waals surface area contributed by atoms with E-state index in [0.29, 0.717) is 4.91 Å². The van der Waals surface area contributed by atoms with Crippen molar-refractivity contribution < 1.29 is 4.55 Å². The van der Waals surface area contributed by atoms with E-state index in [1.54, 1.807) is 24.5 Å². The molecule has 0 fully saturated rings. The average Bonchev–Trinajstić information content (AvgIpc) is 1.89. The highest BCUT2D eigenvalue weighted by atomic mass is 32.2. The van der Waals surface area contributed by atoms with Crippen molar-refractivity contribution in [3.63, 3.8) is 0 Å². The van der Waals surface area contributed by atoms with Crippen molar-refractivity contribution in [3.8, 4) is 0 Å². The predicted molar refractivity (Wildman–Crippen MR) is 45.7 cm³/mol. The Bertz CT molecular complexity index is 161. The van der Waals surface area contributed by atoms with Crippen LogP contribution in [0, 0.1) is 0 Å². The average molecular weight is 157 g/mol. The molecule has 1 unspecified atom stereocenters. The third-order valence-corrected chi connectivity index (χ3v) is 1.83. The largest absolute Gasteiger partial charge is 0.612 e. The summed E-state index contributed by atoms with van der Waals surface area (Å²) in [5.74, 6) is 0. The smallest absolute Gasteiger partial charge is 0.167 e. The molecule has 0 amide bonds. The molecule has 56 valence electrons. The Balaban J connectivity index is 4.10. The second kappa shape index (κ2) is 5.14. The Morgan fingerprint density at radius 3 is 2.60 bits per heavy atom. The van der Waals surface area contributed by atoms with Crippen molar-refractivity contribution in [1.29, 1.82) is 0 Å². The molecule has 0 spiro atoms. The quantitative estimate of drug-likeness (QED) is 0.489. The van der Waals surface area contributed by atoms with Gasteiger partial charge >= 0.3 is 0 Å². The third kappa shape index (κ3) is 3.37. The minimum absolute atomic E-state index is 0.611. The molecule has 0 aliphatic carbocycles. The van der Waals surface area contributed by atoms with E-state index in [1.165, 1.54) is 6.20 Å². The summed E-state index contributed by atoms with van der Waals surface area (Å²) in [7, 11) is 0. The molecule has 0 aromatic rings. The molecule has 0 aromatic carbocycles. The van der Waals surface area contributed by atoms with Gasteiger partial charge in [0.25, 0.3) is 0 Å². The van der Waals surface area contributed by atoms with Gasteiger partial charge in [0.1, 0.15) is 6.26 Å². The van der Waals surface area contributed by atoms with Crippen LogP contribution in [0.1, 0.15) is 0 Å². The zero-order valence-electron chi connectivity index (χ0n) is 5.91. The number of hydrogen-bond acceptors (Lipinski definition) is 2. The van der Waals surface area contributed by atoms with Crippen LogP contribution in [0.15, 0.2) is 35.9 Å². The lowest BCUT2D eigenvalue weighted by atomic mass is 10.5. The molecule has 3 heteroatoms. The first-order chi connectivity index (χ1) is 4.72. The van der Waals surface area contributed by atoms with Crippen molar-refractivity contribution >= 4 is 11.2 Å². The standard InChI is InChI=1S/C7H11NOS/c1-3-4-5-7(6-8)10(2)9/h3-6H,1,8H2,2H3/b5-4-,7-6+. The molecule has 1 atom stereocenters. The van der Waals surface area contributed by atoms with Gasteiger partial charge in [0, 0.05) is 0 Å². The highest BCUT2D eigenvalue weighted by Crippen LogP contribution is 2.03. The monoisotopic (exact) mass is 157 g/mol. The molecule has 0 aliphatic rings. The lowest BCUT2D eigenvalue weighted by Gasteiger charge is -2.01. The summed E-state index contributed by atoms with van der Waals surface area (Å²) >= 11 is -1.00. The van der Waals surface area contributed by atoms with Crippen LogP contribution in [0.2, 0.25) is 0 Å². The molecule has 0 radical (unpaired) electrons. The molecule has 0 saturated heterocycles.